The standard InChI is InChI=1S/C23H23ClN4O5S/c1-12-8-16(14(3)32-18-6-7-19(24)26-23(18)27-34(5,30)31)22-17(9-12)20(29)13(2)21(33-22)15-10-25-28(4)11-15/h6-11,14H,1-5H3,(H,26,27)/t14-/m1/s1. The zero-order valence-corrected chi connectivity index (χ0v) is 20.8. The molecular formula is C23H23ClN4O5S. The first-order valence-electron chi connectivity index (χ1n) is 10.3. The Morgan fingerprint density at radius 1 is 1.24 bits per heavy atom. The van der Waals surface area contributed by atoms with E-state index < -0.39 is 16.1 Å². The molecule has 9 nitrogen and oxygen atoms in total. The van der Waals surface area contributed by atoms with Crippen molar-refractivity contribution in [3.05, 3.63) is 68.7 Å². The zero-order chi connectivity index (χ0) is 24.8. The first-order valence-corrected chi connectivity index (χ1v) is 12.6. The highest BCUT2D eigenvalue weighted by atomic mass is 35.5. The number of sulfonamides is 1. The number of anilines is 1. The van der Waals surface area contributed by atoms with E-state index in [1.807, 2.05) is 13.0 Å². The highest BCUT2D eigenvalue weighted by molar-refractivity contribution is 7.92. The third-order valence-corrected chi connectivity index (χ3v) is 5.98. The molecule has 0 radical (unpaired) electrons. The van der Waals surface area contributed by atoms with Crippen molar-refractivity contribution in [2.75, 3.05) is 11.0 Å². The Bertz CT molecular complexity index is 1580. The van der Waals surface area contributed by atoms with Crippen LogP contribution in [0.3, 0.4) is 0 Å². The summed E-state index contributed by atoms with van der Waals surface area (Å²) in [5.74, 6) is 0.571. The first-order chi connectivity index (χ1) is 15.9. The third-order valence-electron chi connectivity index (χ3n) is 5.21. The third kappa shape index (κ3) is 4.78. The second kappa shape index (κ2) is 8.77. The van der Waals surface area contributed by atoms with Crippen molar-refractivity contribution in [1.29, 1.82) is 0 Å². The molecule has 3 aromatic heterocycles. The number of rotatable bonds is 6. The normalized spacial score (nSPS) is 12.6. The van der Waals surface area contributed by atoms with Gasteiger partial charge in [0.05, 0.1) is 23.4 Å². The predicted octanol–water partition coefficient (Wildman–Crippen LogP) is 4.37. The van der Waals surface area contributed by atoms with Gasteiger partial charge in [-0.2, -0.15) is 5.10 Å². The van der Waals surface area contributed by atoms with E-state index >= 15 is 0 Å². The molecule has 0 aliphatic heterocycles. The maximum absolute atomic E-state index is 13.2. The fraction of sp³-hybridized carbons (Fsp3) is 0.261. The number of nitrogens with one attached hydrogen (secondary N) is 1. The summed E-state index contributed by atoms with van der Waals surface area (Å²) in [6.07, 6.45) is 3.78. The first kappa shape index (κ1) is 23.8. The number of halogens is 1. The lowest BCUT2D eigenvalue weighted by Gasteiger charge is -2.19. The summed E-state index contributed by atoms with van der Waals surface area (Å²) < 4.78 is 39.9. The van der Waals surface area contributed by atoms with Gasteiger partial charge in [0.15, 0.2) is 17.0 Å². The lowest BCUT2D eigenvalue weighted by molar-refractivity contribution is 0.227. The molecule has 0 saturated carbocycles. The van der Waals surface area contributed by atoms with Gasteiger partial charge in [0, 0.05) is 24.4 Å². The number of fused-ring (bicyclic) bond motifs is 1. The topological polar surface area (TPSA) is 116 Å². The van der Waals surface area contributed by atoms with Gasteiger partial charge < -0.3 is 9.15 Å². The van der Waals surface area contributed by atoms with Crippen molar-refractivity contribution in [3.63, 3.8) is 0 Å². The van der Waals surface area contributed by atoms with E-state index in [4.69, 9.17) is 20.8 Å². The number of hydrogen-bond donors (Lipinski definition) is 1. The molecule has 0 fully saturated rings. The van der Waals surface area contributed by atoms with Crippen molar-refractivity contribution < 1.29 is 17.6 Å². The SMILES string of the molecule is Cc1cc([C@@H](C)Oc2ccc(Cl)nc2NS(C)(=O)=O)c2oc(-c3cnn(C)c3)c(C)c(=O)c2c1. The number of nitrogens with zero attached hydrogens (tertiary/aromatic N) is 3. The minimum atomic E-state index is -3.62. The Balaban J connectivity index is 1.85. The van der Waals surface area contributed by atoms with Gasteiger partial charge in [-0.1, -0.05) is 11.6 Å². The molecule has 1 N–H and O–H groups in total. The molecule has 0 unspecified atom stereocenters. The molecule has 1 atom stereocenters. The summed E-state index contributed by atoms with van der Waals surface area (Å²) >= 11 is 5.95. The van der Waals surface area contributed by atoms with Crippen LogP contribution in [0, 0.1) is 13.8 Å². The van der Waals surface area contributed by atoms with E-state index in [1.54, 1.807) is 44.0 Å². The molecule has 3 heterocycles. The van der Waals surface area contributed by atoms with Gasteiger partial charge in [-0.15, -0.1) is 0 Å². The van der Waals surface area contributed by atoms with E-state index in [0.29, 0.717) is 33.4 Å². The van der Waals surface area contributed by atoms with Crippen molar-refractivity contribution in [1.82, 2.24) is 14.8 Å². The molecule has 4 rings (SSSR count). The minimum absolute atomic E-state index is 0.0350. The highest BCUT2D eigenvalue weighted by Crippen LogP contribution is 2.34. The van der Waals surface area contributed by atoms with Crippen molar-refractivity contribution >= 4 is 38.4 Å². The minimum Gasteiger partial charge on any atom is -0.482 e. The molecule has 1 aromatic carbocycles. The Kier molecular flexibility index (Phi) is 6.13. The van der Waals surface area contributed by atoms with E-state index in [0.717, 1.165) is 11.8 Å². The maximum atomic E-state index is 13.2. The van der Waals surface area contributed by atoms with Gasteiger partial charge >= 0.3 is 0 Å². The molecule has 11 heteroatoms. The van der Waals surface area contributed by atoms with Gasteiger partial charge in [0.2, 0.25) is 10.0 Å². The Morgan fingerprint density at radius 2 is 1.97 bits per heavy atom. The molecule has 178 valence electrons. The molecule has 0 bridgehead atoms. The summed E-state index contributed by atoms with van der Waals surface area (Å²) in [6, 6.07) is 6.66. The molecule has 34 heavy (non-hydrogen) atoms. The molecule has 0 aliphatic carbocycles. The number of benzene rings is 1. The summed E-state index contributed by atoms with van der Waals surface area (Å²) in [7, 11) is -1.84. The zero-order valence-electron chi connectivity index (χ0n) is 19.2. The second-order valence-corrected chi connectivity index (χ2v) is 10.3. The van der Waals surface area contributed by atoms with Crippen molar-refractivity contribution in [2.24, 2.45) is 7.05 Å². The van der Waals surface area contributed by atoms with Gasteiger partial charge in [-0.25, -0.2) is 13.4 Å². The number of pyridine rings is 1. The van der Waals surface area contributed by atoms with Crippen LogP contribution >= 0.6 is 11.6 Å². The fourth-order valence-electron chi connectivity index (χ4n) is 3.70. The van der Waals surface area contributed by atoms with Crippen LogP contribution in [0.2, 0.25) is 5.15 Å². The average molecular weight is 503 g/mol. The molecule has 0 aliphatic rings. The Hall–Kier alpha value is -3.37. The van der Waals surface area contributed by atoms with Crippen LogP contribution in [0.25, 0.3) is 22.3 Å². The van der Waals surface area contributed by atoms with Crippen molar-refractivity contribution in [2.45, 2.75) is 26.9 Å². The van der Waals surface area contributed by atoms with E-state index in [1.165, 1.54) is 12.1 Å². The van der Waals surface area contributed by atoms with Crippen molar-refractivity contribution in [3.8, 4) is 17.1 Å². The number of hydrogen-bond acceptors (Lipinski definition) is 7. The monoisotopic (exact) mass is 502 g/mol. The van der Waals surface area contributed by atoms with Crippen LogP contribution in [0.4, 0.5) is 5.82 Å². The van der Waals surface area contributed by atoms with Crippen LogP contribution in [0.15, 0.2) is 45.9 Å². The predicted molar refractivity (Wildman–Crippen MR) is 131 cm³/mol. The summed E-state index contributed by atoms with van der Waals surface area (Å²) in [6.45, 7) is 5.37. The molecule has 0 amide bonds. The number of aromatic nitrogens is 3. The highest BCUT2D eigenvalue weighted by Gasteiger charge is 2.22. The quantitative estimate of drug-likeness (QED) is 0.389. The van der Waals surface area contributed by atoms with Crippen LogP contribution in [0.5, 0.6) is 5.75 Å². The largest absolute Gasteiger partial charge is 0.482 e. The summed E-state index contributed by atoms with van der Waals surface area (Å²) in [4.78, 5) is 17.3. The second-order valence-electron chi connectivity index (χ2n) is 8.13. The molecule has 4 aromatic rings. The van der Waals surface area contributed by atoms with Gasteiger partial charge in [0.25, 0.3) is 0 Å². The number of ether oxygens (including phenoxy) is 1. The summed E-state index contributed by atoms with van der Waals surface area (Å²) in [5.41, 5.74) is 2.87. The van der Waals surface area contributed by atoms with E-state index in [9.17, 15) is 13.2 Å². The van der Waals surface area contributed by atoms with E-state index in [-0.39, 0.29) is 22.1 Å². The lowest BCUT2D eigenvalue weighted by atomic mass is 10.0. The summed E-state index contributed by atoms with van der Waals surface area (Å²) in [5, 5.41) is 4.71. The van der Waals surface area contributed by atoms with Crippen LogP contribution in [-0.2, 0) is 17.1 Å². The van der Waals surface area contributed by atoms with E-state index in [2.05, 4.69) is 14.8 Å². The van der Waals surface area contributed by atoms with Gasteiger partial charge in [-0.05, 0) is 50.6 Å². The van der Waals surface area contributed by atoms with Gasteiger partial charge in [0.1, 0.15) is 22.6 Å². The smallest absolute Gasteiger partial charge is 0.231 e. The molecule has 0 spiro atoms. The molecular weight excluding hydrogens is 480 g/mol. The number of aryl methyl sites for hydroxylation is 2. The van der Waals surface area contributed by atoms with Gasteiger partial charge in [-0.3, -0.25) is 14.2 Å². The Morgan fingerprint density at radius 3 is 2.62 bits per heavy atom. The fourth-order valence-corrected chi connectivity index (χ4v) is 4.35. The molecule has 0 saturated heterocycles. The maximum Gasteiger partial charge on any atom is 0.231 e. The lowest BCUT2D eigenvalue weighted by Crippen LogP contribution is -2.14. The average Bonchev–Trinajstić information content (AvgIpc) is 3.17. The van der Waals surface area contributed by atoms with Crippen LogP contribution in [-0.4, -0.2) is 29.4 Å². The Labute approximate surface area is 201 Å². The van der Waals surface area contributed by atoms with Crippen LogP contribution in [0.1, 0.15) is 29.7 Å². The van der Waals surface area contributed by atoms with Crippen LogP contribution < -0.4 is 14.9 Å².